The molecule has 0 aliphatic carbocycles. The number of fused-ring (bicyclic) bond motifs is 1. The van der Waals surface area contributed by atoms with E-state index in [1.807, 2.05) is 0 Å². The molecule has 0 spiro atoms. The van der Waals surface area contributed by atoms with Crippen molar-refractivity contribution >= 4 is 29.1 Å². The summed E-state index contributed by atoms with van der Waals surface area (Å²) in [6.45, 7) is 0. The number of carbonyl (C=O) groups excluding carboxylic acids is 3. The van der Waals surface area contributed by atoms with E-state index in [9.17, 15) is 40.7 Å². The largest absolute Gasteiger partial charge is 0.389 e. The van der Waals surface area contributed by atoms with Crippen LogP contribution in [0.1, 0.15) is 43.2 Å². The second kappa shape index (κ2) is 12.3. The van der Waals surface area contributed by atoms with Crippen LogP contribution in [0.2, 0.25) is 0 Å². The molecule has 3 amide bonds. The number of benzodiazepines with no additional fused rings is 1. The van der Waals surface area contributed by atoms with Crippen molar-refractivity contribution in [1.29, 1.82) is 0 Å². The van der Waals surface area contributed by atoms with Crippen molar-refractivity contribution in [1.82, 2.24) is 5.32 Å². The first-order valence-electron chi connectivity index (χ1n) is 12.0. The molecule has 2 unspecified atom stereocenters. The number of aliphatic imine (C=N–C) groups is 1. The van der Waals surface area contributed by atoms with Crippen LogP contribution in [-0.4, -0.2) is 42.0 Å². The lowest BCUT2D eigenvalue weighted by atomic mass is 9.83. The highest BCUT2D eigenvalue weighted by molar-refractivity contribution is 6.19. The molecule has 13 heteroatoms. The van der Waals surface area contributed by atoms with Crippen LogP contribution in [0.5, 0.6) is 0 Å². The molecule has 0 bridgehead atoms. The molecule has 0 fully saturated rings. The quantitative estimate of drug-likeness (QED) is 0.369. The Morgan fingerprint density at radius 2 is 1.51 bits per heavy atom. The fourth-order valence-electron chi connectivity index (χ4n) is 4.32. The SMILES string of the molecule is NC(=O)C(CCCC(F)(F)F)C(CCC(F)(F)F)C(=O)N[C@H]1N=C(c2ccccc2)c2ccccc2NC1=O. The summed E-state index contributed by atoms with van der Waals surface area (Å²) in [7, 11) is 0. The Bertz CT molecular complexity index is 1210. The number of halogens is 6. The lowest BCUT2D eigenvalue weighted by Gasteiger charge is -2.26. The van der Waals surface area contributed by atoms with Crippen LogP contribution < -0.4 is 16.4 Å². The number of amides is 3. The Labute approximate surface area is 219 Å². The predicted octanol–water partition coefficient (Wildman–Crippen LogP) is 4.71. The maximum Gasteiger partial charge on any atom is 0.389 e. The molecule has 3 rings (SSSR count). The predicted molar refractivity (Wildman–Crippen MR) is 130 cm³/mol. The van der Waals surface area contributed by atoms with Gasteiger partial charge in [-0.2, -0.15) is 26.3 Å². The van der Waals surface area contributed by atoms with Gasteiger partial charge in [0.25, 0.3) is 5.91 Å². The monoisotopic (exact) mass is 556 g/mol. The van der Waals surface area contributed by atoms with Crippen LogP contribution in [0, 0.1) is 11.8 Å². The summed E-state index contributed by atoms with van der Waals surface area (Å²) in [5.74, 6) is -6.54. The Morgan fingerprint density at radius 1 is 0.897 bits per heavy atom. The second-order valence-corrected chi connectivity index (χ2v) is 9.07. The summed E-state index contributed by atoms with van der Waals surface area (Å²) in [4.78, 5) is 42.7. The van der Waals surface area contributed by atoms with Gasteiger partial charge in [-0.15, -0.1) is 0 Å². The van der Waals surface area contributed by atoms with Crippen LogP contribution in [-0.2, 0) is 14.4 Å². The maximum atomic E-state index is 13.3. The zero-order chi connectivity index (χ0) is 28.8. The minimum Gasteiger partial charge on any atom is -0.369 e. The maximum absolute atomic E-state index is 13.3. The standard InChI is InChI=1S/C26H26F6N4O3/c27-25(28,29)13-6-10-16(21(33)37)17(12-14-26(30,31)32)23(38)36-22-24(39)34-19-11-5-4-9-18(19)20(35-22)15-7-2-1-3-8-15/h1-5,7-9,11,16-17,22H,6,10,12-14H2,(H2,33,37)(H,34,39)(H,36,38)/t16?,17?,22-/m1/s1. The van der Waals surface area contributed by atoms with E-state index in [1.165, 1.54) is 0 Å². The van der Waals surface area contributed by atoms with Crippen LogP contribution in [0.4, 0.5) is 32.0 Å². The normalized spacial score (nSPS) is 17.2. The number of nitrogens with two attached hydrogens (primary N) is 1. The number of nitrogens with zero attached hydrogens (tertiary/aromatic N) is 1. The molecule has 3 atom stereocenters. The van der Waals surface area contributed by atoms with Gasteiger partial charge >= 0.3 is 12.4 Å². The fraction of sp³-hybridized carbons (Fsp3) is 0.385. The first-order valence-corrected chi connectivity index (χ1v) is 12.0. The van der Waals surface area contributed by atoms with Crippen molar-refractivity contribution in [2.75, 3.05) is 5.32 Å². The average Bonchev–Trinajstić information content (AvgIpc) is 2.98. The Hall–Kier alpha value is -3.90. The number of hydrogen-bond donors (Lipinski definition) is 3. The van der Waals surface area contributed by atoms with E-state index in [0.29, 0.717) is 22.5 Å². The van der Waals surface area contributed by atoms with Gasteiger partial charge in [0.05, 0.1) is 11.4 Å². The number of para-hydroxylation sites is 1. The fourth-order valence-corrected chi connectivity index (χ4v) is 4.32. The highest BCUT2D eigenvalue weighted by Crippen LogP contribution is 2.32. The molecule has 1 heterocycles. The van der Waals surface area contributed by atoms with E-state index in [4.69, 9.17) is 5.73 Å². The van der Waals surface area contributed by atoms with Gasteiger partial charge in [0.2, 0.25) is 18.0 Å². The van der Waals surface area contributed by atoms with Gasteiger partial charge in [-0.05, 0) is 25.3 Å². The van der Waals surface area contributed by atoms with Crippen LogP contribution >= 0.6 is 0 Å². The minimum absolute atomic E-state index is 0.304. The topological polar surface area (TPSA) is 114 Å². The zero-order valence-corrected chi connectivity index (χ0v) is 20.5. The molecule has 39 heavy (non-hydrogen) atoms. The highest BCUT2D eigenvalue weighted by Gasteiger charge is 2.39. The first-order chi connectivity index (χ1) is 18.2. The number of benzene rings is 2. The summed E-state index contributed by atoms with van der Waals surface area (Å²) in [6.07, 6.45) is -15.8. The number of alkyl halides is 6. The smallest absolute Gasteiger partial charge is 0.369 e. The summed E-state index contributed by atoms with van der Waals surface area (Å²) in [6, 6.07) is 15.3. The summed E-state index contributed by atoms with van der Waals surface area (Å²) in [5, 5.41) is 4.90. The lowest BCUT2D eigenvalue weighted by Crippen LogP contribution is -2.48. The molecule has 210 valence electrons. The van der Waals surface area contributed by atoms with Gasteiger partial charge in [0.1, 0.15) is 0 Å². The van der Waals surface area contributed by atoms with Crippen molar-refractivity contribution < 1.29 is 40.7 Å². The van der Waals surface area contributed by atoms with Gasteiger partial charge in [-0.1, -0.05) is 48.5 Å². The van der Waals surface area contributed by atoms with E-state index < -0.39 is 80.2 Å². The molecular weight excluding hydrogens is 530 g/mol. The van der Waals surface area contributed by atoms with Gasteiger partial charge in [0, 0.05) is 35.8 Å². The van der Waals surface area contributed by atoms with Gasteiger partial charge in [-0.25, -0.2) is 4.99 Å². The molecule has 4 N–H and O–H groups in total. The second-order valence-electron chi connectivity index (χ2n) is 9.07. The lowest BCUT2D eigenvalue weighted by molar-refractivity contribution is -0.147. The van der Waals surface area contributed by atoms with Gasteiger partial charge < -0.3 is 16.4 Å². The van der Waals surface area contributed by atoms with E-state index in [-0.39, 0.29) is 0 Å². The molecule has 2 aromatic carbocycles. The molecule has 7 nitrogen and oxygen atoms in total. The molecule has 0 radical (unpaired) electrons. The third-order valence-corrected chi connectivity index (χ3v) is 6.17. The van der Waals surface area contributed by atoms with Crippen molar-refractivity contribution in [3.63, 3.8) is 0 Å². The Balaban J connectivity index is 1.93. The third-order valence-electron chi connectivity index (χ3n) is 6.17. The molecule has 0 saturated heterocycles. The van der Waals surface area contributed by atoms with Crippen molar-refractivity contribution in [2.24, 2.45) is 22.6 Å². The molecule has 0 saturated carbocycles. The van der Waals surface area contributed by atoms with Gasteiger partial charge in [0.15, 0.2) is 0 Å². The number of rotatable bonds is 10. The van der Waals surface area contributed by atoms with Crippen LogP contribution in [0.3, 0.4) is 0 Å². The van der Waals surface area contributed by atoms with E-state index >= 15 is 0 Å². The Kier molecular flexibility index (Phi) is 9.36. The molecule has 1 aliphatic rings. The average molecular weight is 557 g/mol. The first kappa shape index (κ1) is 29.7. The molecule has 0 aromatic heterocycles. The number of hydrogen-bond acceptors (Lipinski definition) is 4. The summed E-state index contributed by atoms with van der Waals surface area (Å²) >= 11 is 0. The zero-order valence-electron chi connectivity index (χ0n) is 20.5. The van der Waals surface area contributed by atoms with Crippen LogP contribution in [0.15, 0.2) is 59.6 Å². The minimum atomic E-state index is -4.72. The summed E-state index contributed by atoms with van der Waals surface area (Å²) in [5.41, 5.74) is 7.09. The number of nitrogens with one attached hydrogen (secondary N) is 2. The molecule has 1 aliphatic heterocycles. The number of carbonyl (C=O) groups is 3. The number of anilines is 1. The van der Waals surface area contributed by atoms with E-state index in [2.05, 4.69) is 15.6 Å². The van der Waals surface area contributed by atoms with Crippen LogP contribution in [0.25, 0.3) is 0 Å². The molecule has 2 aromatic rings. The van der Waals surface area contributed by atoms with E-state index in [1.54, 1.807) is 54.6 Å². The highest BCUT2D eigenvalue weighted by atomic mass is 19.4. The summed E-state index contributed by atoms with van der Waals surface area (Å²) < 4.78 is 77.0. The van der Waals surface area contributed by atoms with E-state index in [0.717, 1.165) is 0 Å². The van der Waals surface area contributed by atoms with Gasteiger partial charge in [-0.3, -0.25) is 14.4 Å². The van der Waals surface area contributed by atoms with Crippen molar-refractivity contribution in [3.8, 4) is 0 Å². The third kappa shape index (κ3) is 8.55. The molecular formula is C26H26F6N4O3. The van der Waals surface area contributed by atoms with Crippen molar-refractivity contribution in [2.45, 2.75) is 50.6 Å². The Morgan fingerprint density at radius 3 is 2.13 bits per heavy atom. The van der Waals surface area contributed by atoms with Crippen molar-refractivity contribution in [3.05, 3.63) is 65.7 Å². The number of primary amides is 1.